The number of hydrogen-bond donors (Lipinski definition) is 3. The van der Waals surface area contributed by atoms with Gasteiger partial charge in [0.1, 0.15) is 12.4 Å². The molecule has 3 rings (SSSR count). The molecule has 0 spiro atoms. The summed E-state index contributed by atoms with van der Waals surface area (Å²) in [6.07, 6.45) is 5.18. The van der Waals surface area contributed by atoms with Crippen LogP contribution in [0.25, 0.3) is 10.9 Å². The van der Waals surface area contributed by atoms with Gasteiger partial charge in [-0.05, 0) is 36.4 Å². The number of rotatable bonds is 4. The monoisotopic (exact) mass is 340 g/mol. The zero-order chi connectivity index (χ0) is 16.9. The van der Waals surface area contributed by atoms with Gasteiger partial charge in [-0.2, -0.15) is 5.10 Å². The van der Waals surface area contributed by atoms with E-state index in [0.717, 1.165) is 5.52 Å². The highest BCUT2D eigenvalue weighted by Gasteiger charge is 2.10. The Morgan fingerprint density at radius 2 is 2.17 bits per heavy atom. The molecule has 0 aliphatic carbocycles. The van der Waals surface area contributed by atoms with Gasteiger partial charge in [0.25, 0.3) is 0 Å². The number of hydrogen-bond acceptors (Lipinski definition) is 3. The molecule has 2 aromatic carbocycles. The van der Waals surface area contributed by atoms with E-state index in [4.69, 9.17) is 22.8 Å². The number of nitrogens with one attached hydrogen (secondary N) is 3. The molecule has 0 saturated heterocycles. The van der Waals surface area contributed by atoms with Crippen molar-refractivity contribution in [2.24, 2.45) is 0 Å². The number of anilines is 2. The fourth-order valence-corrected chi connectivity index (χ4v) is 2.33. The lowest BCUT2D eigenvalue weighted by atomic mass is 10.2. The number of urea groups is 1. The third kappa shape index (κ3) is 3.59. The van der Waals surface area contributed by atoms with Crippen LogP contribution in [0, 0.1) is 12.3 Å². The molecule has 0 unspecified atom stereocenters. The predicted molar refractivity (Wildman–Crippen MR) is 94.5 cm³/mol. The summed E-state index contributed by atoms with van der Waals surface area (Å²) < 4.78 is 5.38. The van der Waals surface area contributed by atoms with Gasteiger partial charge in [0, 0.05) is 16.1 Å². The Bertz CT molecular complexity index is 930. The van der Waals surface area contributed by atoms with E-state index in [1.807, 2.05) is 0 Å². The van der Waals surface area contributed by atoms with Gasteiger partial charge in [0.2, 0.25) is 0 Å². The first-order valence-electron chi connectivity index (χ1n) is 7.03. The molecule has 1 heterocycles. The molecule has 0 saturated carbocycles. The first-order valence-corrected chi connectivity index (χ1v) is 7.41. The minimum absolute atomic E-state index is 0.168. The Labute approximate surface area is 143 Å². The Hall–Kier alpha value is -3.17. The molecular formula is C17H13ClN4O2. The Morgan fingerprint density at radius 3 is 2.96 bits per heavy atom. The Balaban J connectivity index is 1.76. The number of carbonyl (C=O) groups is 1. The van der Waals surface area contributed by atoms with Gasteiger partial charge in [0.05, 0.1) is 5.52 Å². The summed E-state index contributed by atoms with van der Waals surface area (Å²) in [5.74, 6) is 3.38. The zero-order valence-electron chi connectivity index (χ0n) is 12.5. The summed E-state index contributed by atoms with van der Waals surface area (Å²) in [7, 11) is 0. The standard InChI is InChI=1S/C17H13ClN4O2/c1-2-8-24-13-6-7-15-14(10-13)16(22-21-15)20-17(23)19-12-5-3-4-11(18)9-12/h1,3-7,9-10H,8H2,(H3,19,20,21,22,23). The second kappa shape index (κ2) is 6.94. The minimum Gasteiger partial charge on any atom is -0.481 e. The number of terminal acetylenes is 1. The van der Waals surface area contributed by atoms with E-state index in [2.05, 4.69) is 26.8 Å². The fraction of sp³-hybridized carbons (Fsp3) is 0.0588. The summed E-state index contributed by atoms with van der Waals surface area (Å²) >= 11 is 5.89. The largest absolute Gasteiger partial charge is 0.481 e. The van der Waals surface area contributed by atoms with Gasteiger partial charge in [-0.1, -0.05) is 23.6 Å². The number of carbonyl (C=O) groups excluding carboxylic acids is 1. The highest BCUT2D eigenvalue weighted by Crippen LogP contribution is 2.25. The lowest BCUT2D eigenvalue weighted by Gasteiger charge is -2.07. The Kier molecular flexibility index (Phi) is 4.54. The van der Waals surface area contributed by atoms with Crippen molar-refractivity contribution in [3.05, 3.63) is 47.5 Å². The Morgan fingerprint density at radius 1 is 1.29 bits per heavy atom. The van der Waals surface area contributed by atoms with Crippen molar-refractivity contribution in [3.63, 3.8) is 0 Å². The molecule has 120 valence electrons. The van der Waals surface area contributed by atoms with Crippen LogP contribution < -0.4 is 15.4 Å². The lowest BCUT2D eigenvalue weighted by molar-refractivity contribution is 0.262. The molecule has 1 aromatic heterocycles. The number of ether oxygens (including phenoxy) is 1. The van der Waals surface area contributed by atoms with Crippen LogP contribution in [0.3, 0.4) is 0 Å². The quantitative estimate of drug-likeness (QED) is 0.631. The summed E-state index contributed by atoms with van der Waals surface area (Å²) in [5, 5.41) is 13.6. The van der Waals surface area contributed by atoms with E-state index < -0.39 is 6.03 Å². The van der Waals surface area contributed by atoms with Crippen LogP contribution in [0.5, 0.6) is 5.75 Å². The molecule has 24 heavy (non-hydrogen) atoms. The third-order valence-corrected chi connectivity index (χ3v) is 3.41. The van der Waals surface area contributed by atoms with Crippen molar-refractivity contribution in [2.45, 2.75) is 0 Å². The molecule has 0 radical (unpaired) electrons. The van der Waals surface area contributed by atoms with E-state index in [9.17, 15) is 4.79 Å². The van der Waals surface area contributed by atoms with Crippen LogP contribution in [0.4, 0.5) is 16.3 Å². The van der Waals surface area contributed by atoms with Crippen LogP contribution in [0.1, 0.15) is 0 Å². The molecule has 7 heteroatoms. The van der Waals surface area contributed by atoms with Gasteiger partial charge >= 0.3 is 6.03 Å². The number of aromatic amines is 1. The molecule has 0 aliphatic heterocycles. The number of aromatic nitrogens is 2. The van der Waals surface area contributed by atoms with Crippen molar-refractivity contribution >= 4 is 40.0 Å². The molecule has 3 N–H and O–H groups in total. The normalized spacial score (nSPS) is 10.2. The first kappa shape index (κ1) is 15.7. The molecule has 0 aliphatic rings. The van der Waals surface area contributed by atoms with Gasteiger partial charge in [-0.15, -0.1) is 6.42 Å². The van der Waals surface area contributed by atoms with E-state index in [-0.39, 0.29) is 6.61 Å². The highest BCUT2D eigenvalue weighted by atomic mass is 35.5. The van der Waals surface area contributed by atoms with Crippen molar-refractivity contribution in [1.29, 1.82) is 0 Å². The zero-order valence-corrected chi connectivity index (χ0v) is 13.2. The maximum absolute atomic E-state index is 12.1. The maximum Gasteiger partial charge on any atom is 0.324 e. The van der Waals surface area contributed by atoms with Crippen LogP contribution in [0.15, 0.2) is 42.5 Å². The number of H-pyrrole nitrogens is 1. The number of amides is 2. The SMILES string of the molecule is C#CCOc1ccc2[nH]nc(NC(=O)Nc3cccc(Cl)c3)c2c1. The molecule has 3 aromatic rings. The van der Waals surface area contributed by atoms with Gasteiger partial charge in [0.15, 0.2) is 5.82 Å². The van der Waals surface area contributed by atoms with Crippen molar-refractivity contribution in [1.82, 2.24) is 10.2 Å². The number of fused-ring (bicyclic) bond motifs is 1. The molecule has 0 fully saturated rings. The van der Waals surface area contributed by atoms with Crippen molar-refractivity contribution in [2.75, 3.05) is 17.2 Å². The first-order chi connectivity index (χ1) is 11.7. The van der Waals surface area contributed by atoms with Gasteiger partial charge < -0.3 is 10.1 Å². The third-order valence-electron chi connectivity index (χ3n) is 3.17. The molecular weight excluding hydrogens is 328 g/mol. The summed E-state index contributed by atoms with van der Waals surface area (Å²) in [6, 6.07) is 11.8. The van der Waals surface area contributed by atoms with Crippen LogP contribution in [0.2, 0.25) is 5.02 Å². The van der Waals surface area contributed by atoms with Crippen molar-refractivity contribution in [3.8, 4) is 18.1 Å². The maximum atomic E-state index is 12.1. The number of benzene rings is 2. The predicted octanol–water partition coefficient (Wildman–Crippen LogP) is 3.87. The average Bonchev–Trinajstić information content (AvgIpc) is 2.95. The smallest absolute Gasteiger partial charge is 0.324 e. The number of halogens is 1. The van der Waals surface area contributed by atoms with Crippen LogP contribution in [-0.2, 0) is 0 Å². The highest BCUT2D eigenvalue weighted by molar-refractivity contribution is 6.30. The van der Waals surface area contributed by atoms with E-state index in [1.54, 1.807) is 42.5 Å². The van der Waals surface area contributed by atoms with Crippen LogP contribution >= 0.6 is 11.6 Å². The van der Waals surface area contributed by atoms with Crippen LogP contribution in [-0.4, -0.2) is 22.8 Å². The van der Waals surface area contributed by atoms with E-state index in [0.29, 0.717) is 27.7 Å². The summed E-state index contributed by atoms with van der Waals surface area (Å²) in [6.45, 7) is 0.168. The summed E-state index contributed by atoms with van der Waals surface area (Å²) in [4.78, 5) is 12.1. The van der Waals surface area contributed by atoms with Crippen molar-refractivity contribution < 1.29 is 9.53 Å². The molecule has 0 bridgehead atoms. The fourth-order valence-electron chi connectivity index (χ4n) is 2.14. The summed E-state index contributed by atoms with van der Waals surface area (Å²) in [5.41, 5.74) is 1.35. The average molecular weight is 341 g/mol. The van der Waals surface area contributed by atoms with Gasteiger partial charge in [-0.3, -0.25) is 10.4 Å². The number of nitrogens with zero attached hydrogens (tertiary/aromatic N) is 1. The minimum atomic E-state index is -0.430. The van der Waals surface area contributed by atoms with Gasteiger partial charge in [-0.25, -0.2) is 4.79 Å². The lowest BCUT2D eigenvalue weighted by Crippen LogP contribution is -2.19. The molecule has 0 atom stereocenters. The molecule has 2 amide bonds. The second-order valence-electron chi connectivity index (χ2n) is 4.86. The topological polar surface area (TPSA) is 79.0 Å². The van der Waals surface area contributed by atoms with E-state index in [1.165, 1.54) is 0 Å². The second-order valence-corrected chi connectivity index (χ2v) is 5.30. The van der Waals surface area contributed by atoms with E-state index >= 15 is 0 Å². The molecule has 6 nitrogen and oxygen atoms in total.